The van der Waals surface area contributed by atoms with Crippen molar-refractivity contribution in [2.24, 2.45) is 5.92 Å². The maximum atomic E-state index is 5.43. The first-order chi connectivity index (χ1) is 29.8. The van der Waals surface area contributed by atoms with Gasteiger partial charge in [0.05, 0.1) is 30.6 Å². The molecule has 0 aliphatic rings. The predicted molar refractivity (Wildman–Crippen MR) is 270 cm³/mol. The van der Waals surface area contributed by atoms with Crippen molar-refractivity contribution in [1.29, 1.82) is 0 Å². The van der Waals surface area contributed by atoms with Crippen LogP contribution < -0.4 is 5.19 Å². The molecule has 0 aliphatic heterocycles. The third-order valence-corrected chi connectivity index (χ3v) is 14.9. The van der Waals surface area contributed by atoms with E-state index in [1.54, 1.807) is 0 Å². The zero-order valence-corrected chi connectivity index (χ0v) is 41.6. The van der Waals surface area contributed by atoms with Crippen molar-refractivity contribution >= 4 is 66.6 Å². The summed E-state index contributed by atoms with van der Waals surface area (Å²) in [6, 6.07) is 60.8. The molecule has 0 aliphatic carbocycles. The fraction of sp³-hybridized carbons (Fsp3) is 0.193. The first-order valence-electron chi connectivity index (χ1n) is 21.7. The molecule has 10 aromatic rings. The van der Waals surface area contributed by atoms with Crippen LogP contribution in [0, 0.1) is 18.1 Å². The Balaban J connectivity index is 0.000000219. The summed E-state index contributed by atoms with van der Waals surface area (Å²) < 4.78 is 4.91. The number of thiophene rings is 1. The van der Waals surface area contributed by atoms with Gasteiger partial charge in [0, 0.05) is 36.6 Å². The Bertz CT molecular complexity index is 3210. The van der Waals surface area contributed by atoms with E-state index in [1.807, 2.05) is 29.5 Å². The Kier molecular flexibility index (Phi) is 12.6. The van der Waals surface area contributed by atoms with Crippen LogP contribution in [0.4, 0.5) is 0 Å². The van der Waals surface area contributed by atoms with Crippen LogP contribution in [0.15, 0.2) is 158 Å². The fourth-order valence-corrected chi connectivity index (χ4v) is 11.5. The average Bonchev–Trinajstić information content (AvgIpc) is 3.83. The minimum absolute atomic E-state index is 0. The van der Waals surface area contributed by atoms with Crippen LogP contribution in [-0.4, -0.2) is 22.6 Å². The molecule has 317 valence electrons. The van der Waals surface area contributed by atoms with Gasteiger partial charge in [-0.1, -0.05) is 168 Å². The molecule has 6 heteroatoms. The van der Waals surface area contributed by atoms with E-state index < -0.39 is 8.07 Å². The third kappa shape index (κ3) is 8.88. The van der Waals surface area contributed by atoms with Crippen molar-refractivity contribution in [3.05, 3.63) is 181 Å². The van der Waals surface area contributed by atoms with Crippen molar-refractivity contribution in [1.82, 2.24) is 14.5 Å². The number of hydrogen-bond donors (Lipinski definition) is 0. The molecule has 7 aromatic carbocycles. The van der Waals surface area contributed by atoms with Gasteiger partial charge in [0.25, 0.3) is 0 Å². The molecule has 1 radical (unpaired) electrons. The van der Waals surface area contributed by atoms with Crippen LogP contribution in [0.1, 0.15) is 45.7 Å². The van der Waals surface area contributed by atoms with Crippen molar-refractivity contribution in [3.63, 3.8) is 0 Å². The molecule has 0 spiro atoms. The van der Waals surface area contributed by atoms with Crippen LogP contribution in [0.25, 0.3) is 81.4 Å². The maximum Gasteiger partial charge on any atom is 0.0798 e. The average molecular weight is 1030 g/mol. The largest absolute Gasteiger partial charge is 0.332 e. The molecule has 3 heterocycles. The number of nitrogens with zero attached hydrogens (tertiary/aromatic N) is 3. The number of benzene rings is 7. The van der Waals surface area contributed by atoms with E-state index in [0.29, 0.717) is 5.92 Å². The Morgan fingerprint density at radius 3 is 2.14 bits per heavy atom. The molecule has 10 rings (SSSR count). The molecule has 0 unspecified atom stereocenters. The summed E-state index contributed by atoms with van der Waals surface area (Å²) in [6.07, 6.45) is 3.24. The summed E-state index contributed by atoms with van der Waals surface area (Å²) >= 11 is 1.83. The van der Waals surface area contributed by atoms with E-state index in [-0.39, 0.29) is 25.5 Å². The molecule has 3 aromatic heterocycles. The van der Waals surface area contributed by atoms with E-state index in [1.165, 1.54) is 64.1 Å². The Morgan fingerprint density at radius 1 is 0.714 bits per heavy atom. The number of imidazole rings is 1. The van der Waals surface area contributed by atoms with Crippen molar-refractivity contribution in [3.8, 4) is 39.5 Å². The van der Waals surface area contributed by atoms with E-state index >= 15 is 0 Å². The van der Waals surface area contributed by atoms with Crippen LogP contribution in [0.5, 0.6) is 0 Å². The molecule has 63 heavy (non-hydrogen) atoms. The first-order valence-corrected chi connectivity index (χ1v) is 26.1. The smallest absolute Gasteiger partial charge is 0.0798 e. The van der Waals surface area contributed by atoms with Gasteiger partial charge in [0.1, 0.15) is 0 Å². The predicted octanol–water partition coefficient (Wildman–Crippen LogP) is 15.3. The van der Waals surface area contributed by atoms with E-state index in [9.17, 15) is 0 Å². The molecule has 0 atom stereocenters. The molecular weight excluding hydrogens is 979 g/mol. The number of aromatic nitrogens is 3. The van der Waals surface area contributed by atoms with Gasteiger partial charge in [0.15, 0.2) is 0 Å². The minimum Gasteiger partial charge on any atom is -0.332 e. The quantitative estimate of drug-likeness (QED) is 0.118. The molecular formula is C57H53IrN3SSi-2. The zero-order valence-electron chi connectivity index (χ0n) is 37.4. The first kappa shape index (κ1) is 44.1. The normalized spacial score (nSPS) is 11.9. The molecule has 3 nitrogen and oxygen atoms in total. The van der Waals surface area contributed by atoms with E-state index in [4.69, 9.17) is 4.98 Å². The number of rotatable bonds is 7. The Labute approximate surface area is 391 Å². The number of para-hydroxylation sites is 1. The minimum atomic E-state index is -1.34. The summed E-state index contributed by atoms with van der Waals surface area (Å²) in [5.74, 6) is 1.59. The van der Waals surface area contributed by atoms with Crippen LogP contribution >= 0.6 is 11.3 Å². The Morgan fingerprint density at radius 2 is 1.43 bits per heavy atom. The summed E-state index contributed by atoms with van der Waals surface area (Å²) in [5, 5.41) is 6.42. The van der Waals surface area contributed by atoms with Gasteiger partial charge in [-0.3, -0.25) is 4.98 Å². The van der Waals surface area contributed by atoms with Gasteiger partial charge in [-0.2, -0.15) is 11.3 Å². The van der Waals surface area contributed by atoms with Gasteiger partial charge < -0.3 is 9.55 Å². The van der Waals surface area contributed by atoms with E-state index in [0.717, 1.165) is 40.1 Å². The maximum absolute atomic E-state index is 5.43. The van der Waals surface area contributed by atoms with E-state index in [2.05, 4.69) is 216 Å². The molecule has 0 fully saturated rings. The Hall–Kier alpha value is -5.49. The molecule has 0 bridgehead atoms. The van der Waals surface area contributed by atoms with Gasteiger partial charge in [0.2, 0.25) is 0 Å². The van der Waals surface area contributed by atoms with Crippen LogP contribution in [0.3, 0.4) is 0 Å². The monoisotopic (exact) mass is 1030 g/mol. The number of pyridine rings is 1. The number of fused-ring (bicyclic) bond motifs is 5. The number of hydrogen-bond acceptors (Lipinski definition) is 3. The van der Waals surface area contributed by atoms with Crippen molar-refractivity contribution in [2.45, 2.75) is 66.1 Å². The van der Waals surface area contributed by atoms with Crippen molar-refractivity contribution < 1.29 is 20.1 Å². The molecule has 0 saturated heterocycles. The molecule has 0 amide bonds. The fourth-order valence-electron chi connectivity index (χ4n) is 8.74. The van der Waals surface area contributed by atoms with Crippen LogP contribution in [-0.2, 0) is 31.9 Å². The van der Waals surface area contributed by atoms with Gasteiger partial charge in [-0.05, 0) is 78.8 Å². The molecule has 0 saturated carbocycles. The summed E-state index contributed by atoms with van der Waals surface area (Å²) in [4.78, 5) is 10.1. The third-order valence-electron chi connectivity index (χ3n) is 11.6. The summed E-state index contributed by atoms with van der Waals surface area (Å²) in [6.45, 7) is 18.6. The zero-order chi connectivity index (χ0) is 43.2. The second-order valence-corrected chi connectivity index (χ2v) is 24.9. The van der Waals surface area contributed by atoms with Gasteiger partial charge in [-0.15, -0.1) is 54.1 Å². The van der Waals surface area contributed by atoms with Gasteiger partial charge >= 0.3 is 0 Å². The standard InChI is InChI=1S/C39H29N2S.C18H24NSi.Ir/c1-39(2,3)32-21-12-18-28(25-13-5-4-6-14-25)36(32)41-34-24-27-16-8-7-15-26(27)23-33(34)40-38(41)31-20-11-19-30-29-17-9-10-22-35(29)42-37(30)31;1-14(2)11-16-12-17(15-9-7-6-8-10-15)19-13-18(16)20(3,4)5;/h4-19,21-24H,1-3H3;6-9,12-14H,11H2,1-5H3;/q2*-1;. The summed E-state index contributed by atoms with van der Waals surface area (Å²) in [7, 11) is -1.34. The SMILES string of the molecule is CC(C)(C)c1cccc(-c2ccccc2)c1-n1c(-c2[c-]ccc3c2sc2ccccc23)nc2cc3ccccc3cc21.CC(C)Cc1cc(-c2[c-]cccc2)ncc1[Si](C)(C)C.[Ir]. The second-order valence-electron chi connectivity index (χ2n) is 18.8. The summed E-state index contributed by atoms with van der Waals surface area (Å²) in [5.41, 5.74) is 11.5. The topological polar surface area (TPSA) is 30.7 Å². The van der Waals surface area contributed by atoms with Crippen molar-refractivity contribution in [2.75, 3.05) is 0 Å². The van der Waals surface area contributed by atoms with Gasteiger partial charge in [-0.25, -0.2) is 0 Å². The molecule has 0 N–H and O–H groups in total. The second kappa shape index (κ2) is 17.9. The van der Waals surface area contributed by atoms with Crippen LogP contribution in [0.2, 0.25) is 19.6 Å².